The van der Waals surface area contributed by atoms with Gasteiger partial charge in [0.25, 0.3) is 5.91 Å². The van der Waals surface area contributed by atoms with Crippen LogP contribution in [0, 0.1) is 0 Å². The fourth-order valence-electron chi connectivity index (χ4n) is 1.64. The first-order valence-corrected chi connectivity index (χ1v) is 6.81. The van der Waals surface area contributed by atoms with Crippen LogP contribution < -0.4 is 10.6 Å². The summed E-state index contributed by atoms with van der Waals surface area (Å²) in [6.45, 7) is 4.20. The maximum Gasteiger partial charge on any atom is 0.286 e. The lowest BCUT2D eigenvalue weighted by Crippen LogP contribution is -2.42. The van der Waals surface area contributed by atoms with Gasteiger partial charge in [-0.3, -0.25) is 9.59 Å². The van der Waals surface area contributed by atoms with Gasteiger partial charge < -0.3 is 20.2 Å². The first-order chi connectivity index (χ1) is 9.50. The predicted molar refractivity (Wildman–Crippen MR) is 74.2 cm³/mol. The molecular weight excluding hydrogens is 260 g/mol. The van der Waals surface area contributed by atoms with Crippen molar-refractivity contribution in [3.8, 4) is 0 Å². The molecule has 2 amide bonds. The van der Waals surface area contributed by atoms with E-state index in [1.165, 1.54) is 6.26 Å². The number of rotatable bonds is 8. The number of amides is 2. The van der Waals surface area contributed by atoms with Crippen molar-refractivity contribution in [2.24, 2.45) is 0 Å². The highest BCUT2D eigenvalue weighted by Gasteiger charge is 2.22. The molecule has 6 nitrogen and oxygen atoms in total. The molecule has 1 heterocycles. The molecule has 0 atom stereocenters. The number of carbonyl (C=O) groups is 2. The van der Waals surface area contributed by atoms with Gasteiger partial charge >= 0.3 is 0 Å². The Kier molecular flexibility index (Phi) is 6.24. The van der Waals surface area contributed by atoms with Gasteiger partial charge in [0.1, 0.15) is 0 Å². The van der Waals surface area contributed by atoms with E-state index in [2.05, 4.69) is 10.6 Å². The van der Waals surface area contributed by atoms with Crippen molar-refractivity contribution in [1.82, 2.24) is 10.6 Å². The lowest BCUT2D eigenvalue weighted by molar-refractivity contribution is -0.122. The summed E-state index contributed by atoms with van der Waals surface area (Å²) in [5.74, 6) is -0.330. The summed E-state index contributed by atoms with van der Waals surface area (Å²) in [6, 6.07) is 3.18. The number of aliphatic hydroxyl groups is 1. The van der Waals surface area contributed by atoms with E-state index in [4.69, 9.17) is 4.42 Å². The normalized spacial score (nSPS) is 11.2. The molecule has 0 spiro atoms. The Labute approximate surface area is 118 Å². The van der Waals surface area contributed by atoms with Crippen LogP contribution >= 0.6 is 0 Å². The second kappa shape index (κ2) is 7.69. The Hall–Kier alpha value is -1.82. The zero-order chi connectivity index (χ0) is 15.0. The van der Waals surface area contributed by atoms with Gasteiger partial charge in [-0.2, -0.15) is 0 Å². The van der Waals surface area contributed by atoms with E-state index in [1.807, 2.05) is 13.8 Å². The molecule has 1 aromatic rings. The maximum absolute atomic E-state index is 11.6. The van der Waals surface area contributed by atoms with E-state index in [1.54, 1.807) is 12.1 Å². The van der Waals surface area contributed by atoms with Gasteiger partial charge in [0.15, 0.2) is 5.76 Å². The monoisotopic (exact) mass is 282 g/mol. The number of carbonyl (C=O) groups excluding carboxylic acids is 2. The van der Waals surface area contributed by atoms with E-state index in [0.29, 0.717) is 12.8 Å². The summed E-state index contributed by atoms with van der Waals surface area (Å²) in [7, 11) is 0. The highest BCUT2D eigenvalue weighted by molar-refractivity contribution is 5.91. The van der Waals surface area contributed by atoms with E-state index in [9.17, 15) is 14.7 Å². The minimum absolute atomic E-state index is 0.163. The molecule has 0 aliphatic heterocycles. The van der Waals surface area contributed by atoms with E-state index in [-0.39, 0.29) is 37.1 Å². The van der Waals surface area contributed by atoms with Gasteiger partial charge in [-0.05, 0) is 25.0 Å². The van der Waals surface area contributed by atoms with E-state index in [0.717, 1.165) is 0 Å². The Bertz CT molecular complexity index is 424. The van der Waals surface area contributed by atoms with Crippen molar-refractivity contribution in [2.45, 2.75) is 38.7 Å². The Balaban J connectivity index is 2.22. The first-order valence-electron chi connectivity index (χ1n) is 6.81. The van der Waals surface area contributed by atoms with Gasteiger partial charge in [-0.1, -0.05) is 13.8 Å². The summed E-state index contributed by atoms with van der Waals surface area (Å²) in [5.41, 5.74) is -0.854. The molecule has 0 saturated heterocycles. The van der Waals surface area contributed by atoms with E-state index < -0.39 is 5.60 Å². The summed E-state index contributed by atoms with van der Waals surface area (Å²) < 4.78 is 4.93. The molecule has 0 aliphatic rings. The van der Waals surface area contributed by atoms with E-state index >= 15 is 0 Å². The lowest BCUT2D eigenvalue weighted by Gasteiger charge is -2.25. The van der Waals surface area contributed by atoms with Crippen LogP contribution in [0.4, 0.5) is 0 Å². The molecule has 20 heavy (non-hydrogen) atoms. The minimum atomic E-state index is -0.854. The van der Waals surface area contributed by atoms with Gasteiger partial charge in [0.05, 0.1) is 11.9 Å². The smallest absolute Gasteiger partial charge is 0.286 e. The molecular formula is C14H22N2O4. The molecule has 0 fully saturated rings. The van der Waals surface area contributed by atoms with Crippen molar-refractivity contribution in [3.05, 3.63) is 24.2 Å². The van der Waals surface area contributed by atoms with Gasteiger partial charge in [0.2, 0.25) is 5.91 Å². The van der Waals surface area contributed by atoms with Crippen LogP contribution in [-0.2, 0) is 4.79 Å². The average Bonchev–Trinajstić information content (AvgIpc) is 2.99. The highest BCUT2D eigenvalue weighted by Crippen LogP contribution is 2.12. The van der Waals surface area contributed by atoms with Crippen molar-refractivity contribution in [2.75, 3.05) is 13.1 Å². The van der Waals surface area contributed by atoms with Gasteiger partial charge in [0, 0.05) is 19.5 Å². The predicted octanol–water partition coefficient (Wildman–Crippen LogP) is 1.07. The second-order valence-corrected chi connectivity index (χ2v) is 4.69. The second-order valence-electron chi connectivity index (χ2n) is 4.69. The lowest BCUT2D eigenvalue weighted by atomic mass is 9.97. The molecule has 112 valence electrons. The summed E-state index contributed by atoms with van der Waals surface area (Å²) in [6.07, 6.45) is 2.74. The van der Waals surface area contributed by atoms with Crippen LogP contribution in [0.2, 0.25) is 0 Å². The Morgan fingerprint density at radius 3 is 2.55 bits per heavy atom. The van der Waals surface area contributed by atoms with Crippen molar-refractivity contribution < 1.29 is 19.1 Å². The van der Waals surface area contributed by atoms with Crippen LogP contribution in [-0.4, -0.2) is 35.6 Å². The van der Waals surface area contributed by atoms with Crippen LogP contribution in [0.1, 0.15) is 43.7 Å². The third-order valence-corrected chi connectivity index (χ3v) is 3.31. The number of hydrogen-bond donors (Lipinski definition) is 3. The molecule has 1 rings (SSSR count). The quantitative estimate of drug-likeness (QED) is 0.665. The summed E-state index contributed by atoms with van der Waals surface area (Å²) in [5, 5.41) is 15.3. The molecule has 0 aliphatic carbocycles. The standard InChI is InChI=1S/C14H22N2O4/c1-3-14(19,4-2)10-16-12(17)7-8-15-13(18)11-6-5-9-20-11/h5-6,9,19H,3-4,7-8,10H2,1-2H3,(H,15,18)(H,16,17). The fraction of sp³-hybridized carbons (Fsp3) is 0.571. The third kappa shape index (κ3) is 5.05. The Morgan fingerprint density at radius 1 is 1.30 bits per heavy atom. The molecule has 0 bridgehead atoms. The SMILES string of the molecule is CCC(O)(CC)CNC(=O)CCNC(=O)c1ccco1. The molecule has 3 N–H and O–H groups in total. The van der Waals surface area contributed by atoms with Crippen LogP contribution in [0.3, 0.4) is 0 Å². The topological polar surface area (TPSA) is 91.6 Å². The molecule has 0 aromatic carbocycles. The largest absolute Gasteiger partial charge is 0.459 e. The fourth-order valence-corrected chi connectivity index (χ4v) is 1.64. The maximum atomic E-state index is 11.6. The van der Waals surface area contributed by atoms with Gasteiger partial charge in [-0.25, -0.2) is 0 Å². The first kappa shape index (κ1) is 16.2. The number of furan rings is 1. The number of nitrogens with one attached hydrogen (secondary N) is 2. The van der Waals surface area contributed by atoms with Gasteiger partial charge in [-0.15, -0.1) is 0 Å². The van der Waals surface area contributed by atoms with Crippen LogP contribution in [0.25, 0.3) is 0 Å². The summed E-state index contributed by atoms with van der Waals surface area (Å²) in [4.78, 5) is 23.1. The Morgan fingerprint density at radius 2 is 2.00 bits per heavy atom. The summed E-state index contributed by atoms with van der Waals surface area (Å²) >= 11 is 0. The van der Waals surface area contributed by atoms with Crippen molar-refractivity contribution in [3.63, 3.8) is 0 Å². The minimum Gasteiger partial charge on any atom is -0.459 e. The molecule has 1 aromatic heterocycles. The molecule has 0 saturated carbocycles. The third-order valence-electron chi connectivity index (χ3n) is 3.31. The van der Waals surface area contributed by atoms with Crippen LogP contribution in [0.15, 0.2) is 22.8 Å². The molecule has 6 heteroatoms. The van der Waals surface area contributed by atoms with Crippen molar-refractivity contribution in [1.29, 1.82) is 0 Å². The zero-order valence-corrected chi connectivity index (χ0v) is 11.9. The molecule has 0 unspecified atom stereocenters. The highest BCUT2D eigenvalue weighted by atomic mass is 16.3. The average molecular weight is 282 g/mol. The zero-order valence-electron chi connectivity index (χ0n) is 11.9. The van der Waals surface area contributed by atoms with Crippen LogP contribution in [0.5, 0.6) is 0 Å². The number of hydrogen-bond acceptors (Lipinski definition) is 4. The van der Waals surface area contributed by atoms with Crippen molar-refractivity contribution >= 4 is 11.8 Å². The molecule has 0 radical (unpaired) electrons.